The van der Waals surface area contributed by atoms with Crippen LogP contribution in [0.25, 0.3) is 0 Å². The van der Waals surface area contributed by atoms with Gasteiger partial charge in [-0.05, 0) is 42.8 Å². The molecular weight excluding hydrogens is 575 g/mol. The lowest BCUT2D eigenvalue weighted by molar-refractivity contribution is -0.133. The Hall–Kier alpha value is -4.37. The van der Waals surface area contributed by atoms with Crippen LogP contribution in [0, 0.1) is 23.1 Å². The lowest BCUT2D eigenvalue weighted by Crippen LogP contribution is -2.63. The largest absolute Gasteiger partial charge is 0.449 e. The molecule has 1 aromatic heterocycles. The van der Waals surface area contributed by atoms with E-state index in [1.807, 2.05) is 6.07 Å². The Morgan fingerprint density at radius 2 is 2.05 bits per heavy atom. The predicted molar refractivity (Wildman–Crippen MR) is 146 cm³/mol. The number of amides is 3. The first-order valence-corrected chi connectivity index (χ1v) is 13.6. The summed E-state index contributed by atoms with van der Waals surface area (Å²) in [4.78, 5) is 47.6. The van der Waals surface area contributed by atoms with E-state index in [9.17, 15) is 32.8 Å². The van der Waals surface area contributed by atoms with Crippen LogP contribution in [0.5, 0.6) is 0 Å². The van der Waals surface area contributed by atoms with Gasteiger partial charge in [-0.1, -0.05) is 29.8 Å². The predicted octanol–water partition coefficient (Wildman–Crippen LogP) is 4.82. The van der Waals surface area contributed by atoms with Gasteiger partial charge in [0, 0.05) is 48.1 Å². The van der Waals surface area contributed by atoms with Crippen LogP contribution in [-0.2, 0) is 14.3 Å². The summed E-state index contributed by atoms with van der Waals surface area (Å²) in [7, 11) is 0. The standard InChI is InChI=1S/C29H25ClF3N5O4/c30-22-7-2-1-6-21(22)25(26(39)36-19-14-29(32,33)15-19)37(20-5-3-4-18(31)13-20)27(40)23-9-11-42-28(41)38(23)24-12-17(16-34)8-10-35-24/h1-5,7-8,10,12-13,19,21,23,25H,6,9,11,14-15H2,(H,36,39)/t21?,23-,25-/m0/s1. The summed E-state index contributed by atoms with van der Waals surface area (Å²) < 4.78 is 47.0. The van der Waals surface area contributed by atoms with Crippen molar-refractivity contribution in [2.24, 2.45) is 5.92 Å². The van der Waals surface area contributed by atoms with Gasteiger partial charge in [-0.2, -0.15) is 5.26 Å². The second kappa shape index (κ2) is 11.9. The van der Waals surface area contributed by atoms with Crippen LogP contribution in [0.3, 0.4) is 0 Å². The highest BCUT2D eigenvalue weighted by atomic mass is 35.5. The summed E-state index contributed by atoms with van der Waals surface area (Å²) in [5.74, 6) is -5.99. The van der Waals surface area contributed by atoms with E-state index in [-0.39, 0.29) is 41.5 Å². The minimum Gasteiger partial charge on any atom is -0.449 e. The zero-order chi connectivity index (χ0) is 30.0. The molecule has 1 aromatic carbocycles. The van der Waals surface area contributed by atoms with Gasteiger partial charge >= 0.3 is 6.09 Å². The second-order valence-electron chi connectivity index (χ2n) is 10.2. The highest BCUT2D eigenvalue weighted by Gasteiger charge is 2.49. The van der Waals surface area contributed by atoms with Crippen molar-refractivity contribution in [2.75, 3.05) is 16.4 Å². The van der Waals surface area contributed by atoms with Crippen LogP contribution >= 0.6 is 11.6 Å². The summed E-state index contributed by atoms with van der Waals surface area (Å²) in [5.41, 5.74) is 0.169. The first-order valence-electron chi connectivity index (χ1n) is 13.2. The smallest absolute Gasteiger partial charge is 0.416 e. The van der Waals surface area contributed by atoms with E-state index in [0.29, 0.717) is 0 Å². The van der Waals surface area contributed by atoms with Gasteiger partial charge in [0.05, 0.1) is 18.2 Å². The number of nitriles is 1. The number of carbonyl (C=O) groups is 3. The summed E-state index contributed by atoms with van der Waals surface area (Å²) in [5, 5.41) is 12.2. The van der Waals surface area contributed by atoms with Crippen molar-refractivity contribution in [2.45, 2.75) is 49.7 Å². The normalized spacial score (nSPS) is 22.2. The molecule has 3 atom stereocenters. The van der Waals surface area contributed by atoms with Crippen molar-refractivity contribution in [1.82, 2.24) is 10.3 Å². The van der Waals surface area contributed by atoms with Crippen molar-refractivity contribution in [3.8, 4) is 6.07 Å². The van der Waals surface area contributed by atoms with Gasteiger partial charge in [0.2, 0.25) is 5.91 Å². The molecule has 3 aliphatic rings. The molecule has 1 N–H and O–H groups in total. The maximum absolute atomic E-state index is 14.6. The number of halogens is 4. The van der Waals surface area contributed by atoms with Crippen molar-refractivity contribution < 1.29 is 32.3 Å². The number of cyclic esters (lactones) is 1. The number of ether oxygens (including phenoxy) is 1. The van der Waals surface area contributed by atoms with E-state index >= 15 is 0 Å². The molecule has 13 heteroatoms. The van der Waals surface area contributed by atoms with Crippen molar-refractivity contribution >= 4 is 41.0 Å². The number of nitrogens with zero attached hydrogens (tertiary/aromatic N) is 4. The zero-order valence-corrected chi connectivity index (χ0v) is 22.8. The van der Waals surface area contributed by atoms with Gasteiger partial charge in [-0.15, -0.1) is 0 Å². The number of rotatable bonds is 7. The van der Waals surface area contributed by atoms with Gasteiger partial charge in [-0.3, -0.25) is 14.5 Å². The second-order valence-corrected chi connectivity index (χ2v) is 10.7. The quantitative estimate of drug-likeness (QED) is 0.488. The number of aromatic nitrogens is 1. The first kappa shape index (κ1) is 29.1. The van der Waals surface area contributed by atoms with Crippen LogP contribution in [0.4, 0.5) is 29.5 Å². The minimum absolute atomic E-state index is 0.00395. The molecule has 2 aromatic rings. The number of carbonyl (C=O) groups excluding carboxylic acids is 3. The molecule has 1 unspecified atom stereocenters. The van der Waals surface area contributed by atoms with Crippen LogP contribution in [0.1, 0.15) is 31.2 Å². The molecule has 1 aliphatic heterocycles. The Kier molecular flexibility index (Phi) is 8.22. The van der Waals surface area contributed by atoms with Gasteiger partial charge in [0.1, 0.15) is 23.7 Å². The Bertz CT molecular complexity index is 1500. The molecule has 0 radical (unpaired) electrons. The molecule has 2 aliphatic carbocycles. The van der Waals surface area contributed by atoms with E-state index in [1.54, 1.807) is 18.2 Å². The molecule has 0 bridgehead atoms. The number of anilines is 2. The fourth-order valence-corrected chi connectivity index (χ4v) is 5.61. The number of hydrogen-bond acceptors (Lipinski definition) is 6. The first-order chi connectivity index (χ1) is 20.1. The molecule has 1 saturated carbocycles. The molecule has 5 rings (SSSR count). The average molecular weight is 600 g/mol. The van der Waals surface area contributed by atoms with Gasteiger partial charge in [-0.25, -0.2) is 27.8 Å². The third-order valence-corrected chi connectivity index (χ3v) is 7.76. The minimum atomic E-state index is -2.91. The van der Waals surface area contributed by atoms with Crippen LogP contribution < -0.4 is 15.1 Å². The number of allylic oxidation sites excluding steroid dienone is 3. The Labute approximate surface area is 244 Å². The molecule has 218 valence electrons. The molecule has 1 saturated heterocycles. The number of pyridine rings is 1. The Morgan fingerprint density at radius 3 is 2.74 bits per heavy atom. The Morgan fingerprint density at radius 1 is 1.26 bits per heavy atom. The van der Waals surface area contributed by atoms with Crippen molar-refractivity contribution in [1.29, 1.82) is 5.26 Å². The number of alkyl halides is 2. The number of benzene rings is 1. The molecule has 0 spiro atoms. The van der Waals surface area contributed by atoms with Gasteiger partial charge in [0.25, 0.3) is 11.8 Å². The SMILES string of the molecule is N#Cc1ccnc(N2C(=O)OCC[C@H]2C(=O)N(c2cccc(F)c2)[C@H](C(=O)NC2CC(F)(F)C2)C2CC=CC=C2Cl)c1. The van der Waals surface area contributed by atoms with Gasteiger partial charge in [0.15, 0.2) is 0 Å². The topological polar surface area (TPSA) is 116 Å². The summed E-state index contributed by atoms with van der Waals surface area (Å²) in [6.07, 6.45) is 4.45. The summed E-state index contributed by atoms with van der Waals surface area (Å²) >= 11 is 6.56. The monoisotopic (exact) mass is 599 g/mol. The van der Waals surface area contributed by atoms with Gasteiger partial charge < -0.3 is 10.1 Å². The Balaban J connectivity index is 1.59. The van der Waals surface area contributed by atoms with E-state index in [2.05, 4.69) is 10.3 Å². The van der Waals surface area contributed by atoms with Crippen molar-refractivity contribution in [3.05, 3.63) is 77.2 Å². The molecule has 2 fully saturated rings. The zero-order valence-electron chi connectivity index (χ0n) is 22.1. The number of nitrogens with one attached hydrogen (secondary N) is 1. The third kappa shape index (κ3) is 5.97. The van der Waals surface area contributed by atoms with E-state index < -0.39 is 66.5 Å². The molecule has 42 heavy (non-hydrogen) atoms. The lowest BCUT2D eigenvalue weighted by Gasteiger charge is -2.42. The van der Waals surface area contributed by atoms with Crippen molar-refractivity contribution in [3.63, 3.8) is 0 Å². The van der Waals surface area contributed by atoms with E-state index in [4.69, 9.17) is 16.3 Å². The average Bonchev–Trinajstić information content (AvgIpc) is 2.95. The highest BCUT2D eigenvalue weighted by Crippen LogP contribution is 2.39. The fourth-order valence-electron chi connectivity index (χ4n) is 5.33. The maximum atomic E-state index is 14.6. The third-order valence-electron chi connectivity index (χ3n) is 7.36. The van der Waals surface area contributed by atoms with Crippen LogP contribution in [0.2, 0.25) is 0 Å². The summed E-state index contributed by atoms with van der Waals surface area (Å²) in [6, 6.07) is 6.17. The lowest BCUT2D eigenvalue weighted by atomic mass is 9.86. The summed E-state index contributed by atoms with van der Waals surface area (Å²) in [6.45, 7) is -0.137. The molecule has 3 amide bonds. The van der Waals surface area contributed by atoms with E-state index in [1.165, 1.54) is 30.5 Å². The van der Waals surface area contributed by atoms with Crippen LogP contribution in [-0.4, -0.2) is 53.5 Å². The number of hydrogen-bond donors (Lipinski definition) is 1. The molecule has 9 nitrogen and oxygen atoms in total. The highest BCUT2D eigenvalue weighted by molar-refractivity contribution is 6.30. The molecule has 2 heterocycles. The van der Waals surface area contributed by atoms with E-state index in [0.717, 1.165) is 21.9 Å². The maximum Gasteiger partial charge on any atom is 0.416 e. The fraction of sp³-hybridized carbons (Fsp3) is 0.345. The van der Waals surface area contributed by atoms with Crippen LogP contribution in [0.15, 0.2) is 65.9 Å². The molecular formula is C29H25ClF3N5O4.